The molecule has 2 rings (SSSR count). The van der Waals surface area contributed by atoms with E-state index in [1.807, 2.05) is 10.8 Å². The Morgan fingerprint density at radius 1 is 1.37 bits per heavy atom. The highest BCUT2D eigenvalue weighted by Gasteiger charge is 2.09. The zero-order chi connectivity index (χ0) is 13.5. The molecule has 2 heterocycles. The Hall–Kier alpha value is -2.37. The molecule has 0 spiro atoms. The van der Waals surface area contributed by atoms with E-state index in [9.17, 15) is 4.79 Å². The van der Waals surface area contributed by atoms with Crippen LogP contribution in [0.15, 0.2) is 37.1 Å². The predicted molar refractivity (Wildman–Crippen MR) is 72.4 cm³/mol. The van der Waals surface area contributed by atoms with Crippen LogP contribution in [0, 0.1) is 0 Å². The number of nitrogens with two attached hydrogens (primary N) is 1. The quantitative estimate of drug-likeness (QED) is 0.760. The van der Waals surface area contributed by atoms with Gasteiger partial charge in [0.25, 0.3) is 5.91 Å². The average Bonchev–Trinajstić information content (AvgIpc) is 2.92. The highest BCUT2D eigenvalue weighted by atomic mass is 16.1. The first-order chi connectivity index (χ1) is 9.27. The number of unbranched alkanes of at least 4 members (excludes halogenated alkanes) is 1. The van der Waals surface area contributed by atoms with E-state index in [0.29, 0.717) is 12.2 Å². The van der Waals surface area contributed by atoms with Crippen molar-refractivity contribution in [1.29, 1.82) is 0 Å². The first-order valence-electron chi connectivity index (χ1n) is 6.22. The Labute approximate surface area is 111 Å². The van der Waals surface area contributed by atoms with Crippen LogP contribution in [0.25, 0.3) is 0 Å². The van der Waals surface area contributed by atoms with E-state index < -0.39 is 0 Å². The highest BCUT2D eigenvalue weighted by molar-refractivity contribution is 5.96. The molecule has 0 atom stereocenters. The number of rotatable bonds is 6. The molecular weight excluding hydrogens is 242 g/mol. The highest BCUT2D eigenvalue weighted by Crippen LogP contribution is 2.06. The van der Waals surface area contributed by atoms with E-state index in [4.69, 9.17) is 5.73 Å². The smallest absolute Gasteiger partial charge is 0.272 e. The molecule has 3 N–H and O–H groups in total. The molecule has 0 fully saturated rings. The monoisotopic (exact) mass is 259 g/mol. The van der Waals surface area contributed by atoms with Gasteiger partial charge < -0.3 is 15.6 Å². The van der Waals surface area contributed by atoms with Crippen LogP contribution in [0.4, 0.5) is 5.69 Å². The molecule has 6 nitrogen and oxygen atoms in total. The summed E-state index contributed by atoms with van der Waals surface area (Å²) in [5.41, 5.74) is 6.37. The molecule has 6 heteroatoms. The van der Waals surface area contributed by atoms with Crippen molar-refractivity contribution >= 4 is 11.6 Å². The van der Waals surface area contributed by atoms with Crippen molar-refractivity contribution in [2.24, 2.45) is 0 Å². The van der Waals surface area contributed by atoms with E-state index in [-0.39, 0.29) is 11.6 Å². The van der Waals surface area contributed by atoms with Crippen LogP contribution in [-0.2, 0) is 6.54 Å². The number of hydrogen-bond donors (Lipinski definition) is 2. The minimum atomic E-state index is -0.222. The molecule has 0 bridgehead atoms. The minimum absolute atomic E-state index is 0.222. The zero-order valence-electron chi connectivity index (χ0n) is 10.6. The second-order valence-electron chi connectivity index (χ2n) is 4.20. The summed E-state index contributed by atoms with van der Waals surface area (Å²) in [5, 5.41) is 2.81. The largest absolute Gasteiger partial charge is 0.397 e. The summed E-state index contributed by atoms with van der Waals surface area (Å²) in [6.07, 6.45) is 8.90. The van der Waals surface area contributed by atoms with Crippen LogP contribution in [0.2, 0.25) is 0 Å². The number of carbonyl (C=O) groups excluding carboxylic acids is 1. The first kappa shape index (κ1) is 13.1. The van der Waals surface area contributed by atoms with E-state index >= 15 is 0 Å². The fourth-order valence-corrected chi connectivity index (χ4v) is 1.73. The van der Waals surface area contributed by atoms with Gasteiger partial charge in [-0.2, -0.15) is 0 Å². The number of nitrogen functional groups attached to an aromatic ring is 1. The van der Waals surface area contributed by atoms with Gasteiger partial charge in [0.05, 0.1) is 12.0 Å². The second-order valence-corrected chi connectivity index (χ2v) is 4.20. The Morgan fingerprint density at radius 2 is 2.26 bits per heavy atom. The molecule has 100 valence electrons. The Morgan fingerprint density at radius 3 is 3.00 bits per heavy atom. The van der Waals surface area contributed by atoms with Crippen molar-refractivity contribution in [2.75, 3.05) is 12.3 Å². The van der Waals surface area contributed by atoms with Crippen LogP contribution in [-0.4, -0.2) is 27.0 Å². The standard InChI is InChI=1S/C13H17N5O/c14-11-4-3-6-16-12(11)13(19)17-5-1-2-8-18-9-7-15-10-18/h3-4,6-7,9-10H,1-2,5,8,14H2,(H,17,19). The number of pyridine rings is 1. The molecular formula is C13H17N5O. The molecule has 2 aromatic heterocycles. The summed E-state index contributed by atoms with van der Waals surface area (Å²) in [4.78, 5) is 19.7. The van der Waals surface area contributed by atoms with E-state index in [2.05, 4.69) is 15.3 Å². The lowest BCUT2D eigenvalue weighted by atomic mass is 10.2. The van der Waals surface area contributed by atoms with E-state index in [1.54, 1.807) is 30.9 Å². The van der Waals surface area contributed by atoms with Gasteiger partial charge in [0.1, 0.15) is 0 Å². The molecule has 19 heavy (non-hydrogen) atoms. The maximum absolute atomic E-state index is 11.8. The zero-order valence-corrected chi connectivity index (χ0v) is 10.6. The van der Waals surface area contributed by atoms with Gasteiger partial charge in [-0.25, -0.2) is 9.97 Å². The molecule has 0 radical (unpaired) electrons. The number of aromatic nitrogens is 3. The third kappa shape index (κ3) is 3.80. The fourth-order valence-electron chi connectivity index (χ4n) is 1.73. The summed E-state index contributed by atoms with van der Waals surface area (Å²) in [6, 6.07) is 3.37. The molecule has 0 aromatic carbocycles. The average molecular weight is 259 g/mol. The topological polar surface area (TPSA) is 85.8 Å². The summed E-state index contributed by atoms with van der Waals surface area (Å²) < 4.78 is 2.01. The number of imidazole rings is 1. The SMILES string of the molecule is Nc1cccnc1C(=O)NCCCCn1ccnc1. The fraction of sp³-hybridized carbons (Fsp3) is 0.308. The van der Waals surface area contributed by atoms with Crippen LogP contribution in [0.5, 0.6) is 0 Å². The predicted octanol–water partition coefficient (Wildman–Crippen LogP) is 1.07. The summed E-state index contributed by atoms with van der Waals surface area (Å²) in [7, 11) is 0. The molecule has 1 amide bonds. The Balaban J connectivity index is 1.68. The van der Waals surface area contributed by atoms with Crippen LogP contribution >= 0.6 is 0 Å². The maximum atomic E-state index is 11.8. The van der Waals surface area contributed by atoms with Crippen LogP contribution < -0.4 is 11.1 Å². The Kier molecular flexibility index (Phi) is 4.49. The number of aryl methyl sites for hydroxylation is 1. The molecule has 0 aliphatic rings. The van der Waals surface area contributed by atoms with Crippen molar-refractivity contribution in [2.45, 2.75) is 19.4 Å². The molecule has 2 aromatic rings. The normalized spacial score (nSPS) is 10.3. The maximum Gasteiger partial charge on any atom is 0.272 e. The first-order valence-corrected chi connectivity index (χ1v) is 6.22. The van der Waals surface area contributed by atoms with Gasteiger partial charge >= 0.3 is 0 Å². The van der Waals surface area contributed by atoms with Crippen molar-refractivity contribution in [3.8, 4) is 0 Å². The minimum Gasteiger partial charge on any atom is -0.397 e. The molecule has 0 aliphatic heterocycles. The molecule has 0 aliphatic carbocycles. The lowest BCUT2D eigenvalue weighted by Crippen LogP contribution is -2.26. The van der Waals surface area contributed by atoms with Gasteiger partial charge in [0.2, 0.25) is 0 Å². The van der Waals surface area contributed by atoms with Crippen molar-refractivity contribution in [3.05, 3.63) is 42.7 Å². The van der Waals surface area contributed by atoms with Gasteiger partial charge in [0, 0.05) is 31.7 Å². The third-order valence-corrected chi connectivity index (χ3v) is 2.74. The number of carbonyl (C=O) groups is 1. The van der Waals surface area contributed by atoms with Crippen LogP contribution in [0.1, 0.15) is 23.3 Å². The van der Waals surface area contributed by atoms with Gasteiger partial charge in [0.15, 0.2) is 5.69 Å². The van der Waals surface area contributed by atoms with Gasteiger partial charge in [-0.3, -0.25) is 4.79 Å². The summed E-state index contributed by atoms with van der Waals surface area (Å²) >= 11 is 0. The number of nitrogens with one attached hydrogen (secondary N) is 1. The van der Waals surface area contributed by atoms with Crippen molar-refractivity contribution < 1.29 is 4.79 Å². The van der Waals surface area contributed by atoms with Crippen LogP contribution in [0.3, 0.4) is 0 Å². The summed E-state index contributed by atoms with van der Waals surface area (Å²) in [6.45, 7) is 1.52. The molecule has 0 saturated heterocycles. The Bertz CT molecular complexity index is 524. The van der Waals surface area contributed by atoms with Gasteiger partial charge in [-0.05, 0) is 25.0 Å². The number of hydrogen-bond acceptors (Lipinski definition) is 4. The second kappa shape index (κ2) is 6.53. The lowest BCUT2D eigenvalue weighted by Gasteiger charge is -2.06. The number of nitrogens with zero attached hydrogens (tertiary/aromatic N) is 3. The summed E-state index contributed by atoms with van der Waals surface area (Å²) in [5.74, 6) is -0.222. The number of anilines is 1. The molecule has 0 saturated carbocycles. The molecule has 0 unspecified atom stereocenters. The van der Waals surface area contributed by atoms with E-state index in [1.165, 1.54) is 0 Å². The van der Waals surface area contributed by atoms with Crippen molar-refractivity contribution in [3.63, 3.8) is 0 Å². The van der Waals surface area contributed by atoms with Gasteiger partial charge in [-0.1, -0.05) is 0 Å². The van der Waals surface area contributed by atoms with Crippen molar-refractivity contribution in [1.82, 2.24) is 19.9 Å². The van der Waals surface area contributed by atoms with E-state index in [0.717, 1.165) is 19.4 Å². The lowest BCUT2D eigenvalue weighted by molar-refractivity contribution is 0.0949. The third-order valence-electron chi connectivity index (χ3n) is 2.74. The van der Waals surface area contributed by atoms with Gasteiger partial charge in [-0.15, -0.1) is 0 Å². The number of amides is 1.